The molecule has 0 spiro atoms. The van der Waals surface area contributed by atoms with Crippen LogP contribution in [0.4, 0.5) is 0 Å². The van der Waals surface area contributed by atoms with E-state index in [0.717, 1.165) is 23.5 Å². The van der Waals surface area contributed by atoms with Crippen LogP contribution in [0.15, 0.2) is 22.9 Å². The Labute approximate surface area is 118 Å². The van der Waals surface area contributed by atoms with Crippen molar-refractivity contribution in [3.8, 4) is 0 Å². The maximum absolute atomic E-state index is 5.99. The van der Waals surface area contributed by atoms with Crippen LogP contribution in [0.2, 0.25) is 0 Å². The minimum Gasteiger partial charge on any atom is -0.329 e. The van der Waals surface area contributed by atoms with Gasteiger partial charge >= 0.3 is 0 Å². The van der Waals surface area contributed by atoms with E-state index in [0.29, 0.717) is 12.6 Å². The summed E-state index contributed by atoms with van der Waals surface area (Å²) < 4.78 is 1.03. The van der Waals surface area contributed by atoms with E-state index in [1.165, 1.54) is 24.8 Å². The number of halogens is 1. The van der Waals surface area contributed by atoms with E-state index in [2.05, 4.69) is 38.8 Å². The van der Waals surface area contributed by atoms with Gasteiger partial charge in [-0.3, -0.25) is 9.88 Å². The zero-order valence-corrected chi connectivity index (χ0v) is 12.6. The fraction of sp³-hybridized carbons (Fsp3) is 0.643. The second-order valence-electron chi connectivity index (χ2n) is 5.26. The summed E-state index contributed by atoms with van der Waals surface area (Å²) in [6.45, 7) is 5.31. The molecule has 2 rings (SSSR count). The molecule has 0 radical (unpaired) electrons. The number of nitrogens with two attached hydrogens (primary N) is 1. The fourth-order valence-electron chi connectivity index (χ4n) is 2.70. The number of nitrogens with zero attached hydrogens (tertiary/aromatic N) is 2. The molecule has 0 saturated carbocycles. The van der Waals surface area contributed by atoms with Gasteiger partial charge in [-0.05, 0) is 65.8 Å². The van der Waals surface area contributed by atoms with E-state index < -0.39 is 0 Å². The average Bonchev–Trinajstić information content (AvgIpc) is 2.56. The minimum atomic E-state index is 0.306. The Kier molecular flexibility index (Phi) is 5.15. The van der Waals surface area contributed by atoms with Crippen LogP contribution in [-0.2, 0) is 0 Å². The molecule has 1 saturated heterocycles. The number of hydrogen-bond donors (Lipinski definition) is 1. The van der Waals surface area contributed by atoms with Crippen LogP contribution in [0.5, 0.6) is 0 Å². The van der Waals surface area contributed by atoms with Gasteiger partial charge in [0.1, 0.15) is 0 Å². The van der Waals surface area contributed by atoms with Crippen LogP contribution >= 0.6 is 15.9 Å². The maximum atomic E-state index is 5.99. The summed E-state index contributed by atoms with van der Waals surface area (Å²) in [5.74, 6) is 0.842. The van der Waals surface area contributed by atoms with Gasteiger partial charge in [0.2, 0.25) is 0 Å². The highest BCUT2D eigenvalue weighted by atomic mass is 79.9. The van der Waals surface area contributed by atoms with E-state index in [1.807, 2.05) is 12.4 Å². The van der Waals surface area contributed by atoms with Crippen molar-refractivity contribution >= 4 is 15.9 Å². The number of likely N-dealkylation sites (tertiary alicyclic amines) is 1. The quantitative estimate of drug-likeness (QED) is 0.933. The summed E-state index contributed by atoms with van der Waals surface area (Å²) in [6, 6.07) is 2.44. The first kappa shape index (κ1) is 14.0. The summed E-state index contributed by atoms with van der Waals surface area (Å²) in [5.41, 5.74) is 7.21. The molecular formula is C14H22BrN3. The molecule has 3 nitrogen and oxygen atoms in total. The molecule has 4 heteroatoms. The average molecular weight is 312 g/mol. The number of hydrogen-bond acceptors (Lipinski definition) is 3. The Morgan fingerprint density at radius 3 is 3.00 bits per heavy atom. The van der Waals surface area contributed by atoms with E-state index in [1.54, 1.807) is 0 Å². The third-order valence-electron chi connectivity index (χ3n) is 3.83. The predicted molar refractivity (Wildman–Crippen MR) is 78.3 cm³/mol. The monoisotopic (exact) mass is 311 g/mol. The third kappa shape index (κ3) is 3.53. The number of rotatable bonds is 3. The Hall–Kier alpha value is -0.450. The molecule has 2 N–H and O–H groups in total. The molecule has 100 valence electrons. The Balaban J connectivity index is 2.12. The highest BCUT2D eigenvalue weighted by Gasteiger charge is 2.22. The molecule has 1 aliphatic heterocycles. The standard InChI is InChI=1S/C14H22BrN3/c1-11-3-2-5-18(6-4-11)14(8-16)12-7-13(15)10-17-9-12/h7,9-11,14H,2-6,8,16H2,1H3. The smallest absolute Gasteiger partial charge is 0.0486 e. The molecule has 1 aromatic rings. The molecule has 0 amide bonds. The maximum Gasteiger partial charge on any atom is 0.0486 e. The van der Waals surface area contributed by atoms with Crippen molar-refractivity contribution in [3.63, 3.8) is 0 Å². The number of pyridine rings is 1. The molecule has 2 unspecified atom stereocenters. The largest absolute Gasteiger partial charge is 0.329 e. The third-order valence-corrected chi connectivity index (χ3v) is 4.26. The molecule has 0 bridgehead atoms. The summed E-state index contributed by atoms with van der Waals surface area (Å²) in [5, 5.41) is 0. The minimum absolute atomic E-state index is 0.306. The SMILES string of the molecule is CC1CCCN(C(CN)c2cncc(Br)c2)CC1. The second kappa shape index (κ2) is 6.64. The lowest BCUT2D eigenvalue weighted by atomic mass is 10.0. The molecule has 1 aliphatic rings. The van der Waals surface area contributed by atoms with Crippen LogP contribution < -0.4 is 5.73 Å². The fourth-order valence-corrected chi connectivity index (χ4v) is 3.09. The molecule has 2 atom stereocenters. The van der Waals surface area contributed by atoms with Gasteiger partial charge in [-0.25, -0.2) is 0 Å². The van der Waals surface area contributed by atoms with Gasteiger partial charge in [-0.15, -0.1) is 0 Å². The molecule has 0 aromatic carbocycles. The van der Waals surface area contributed by atoms with Crippen LogP contribution in [0.3, 0.4) is 0 Å². The lowest BCUT2D eigenvalue weighted by molar-refractivity contribution is 0.207. The normalized spacial score (nSPS) is 23.6. The zero-order valence-electron chi connectivity index (χ0n) is 11.0. The highest BCUT2D eigenvalue weighted by molar-refractivity contribution is 9.10. The van der Waals surface area contributed by atoms with E-state index in [-0.39, 0.29) is 0 Å². The first-order chi connectivity index (χ1) is 8.70. The molecule has 1 aromatic heterocycles. The van der Waals surface area contributed by atoms with Crippen molar-refractivity contribution in [1.29, 1.82) is 0 Å². The summed E-state index contributed by atoms with van der Waals surface area (Å²) >= 11 is 3.49. The van der Waals surface area contributed by atoms with Crippen molar-refractivity contribution in [1.82, 2.24) is 9.88 Å². The molecule has 0 aliphatic carbocycles. The van der Waals surface area contributed by atoms with E-state index >= 15 is 0 Å². The molecule has 18 heavy (non-hydrogen) atoms. The second-order valence-corrected chi connectivity index (χ2v) is 6.18. The van der Waals surface area contributed by atoms with Crippen molar-refractivity contribution < 1.29 is 0 Å². The van der Waals surface area contributed by atoms with Gasteiger partial charge in [0, 0.05) is 29.5 Å². The Morgan fingerprint density at radius 1 is 1.44 bits per heavy atom. The van der Waals surface area contributed by atoms with Gasteiger partial charge < -0.3 is 5.73 Å². The van der Waals surface area contributed by atoms with Gasteiger partial charge in [-0.1, -0.05) is 6.92 Å². The van der Waals surface area contributed by atoms with Crippen molar-refractivity contribution in [3.05, 3.63) is 28.5 Å². The Bertz CT molecular complexity index is 383. The first-order valence-electron chi connectivity index (χ1n) is 6.75. The lowest BCUT2D eigenvalue weighted by Gasteiger charge is -2.30. The molecular weight excluding hydrogens is 290 g/mol. The summed E-state index contributed by atoms with van der Waals surface area (Å²) in [4.78, 5) is 6.78. The van der Waals surface area contributed by atoms with Gasteiger partial charge in [-0.2, -0.15) is 0 Å². The van der Waals surface area contributed by atoms with Crippen LogP contribution in [0, 0.1) is 5.92 Å². The van der Waals surface area contributed by atoms with Gasteiger partial charge in [0.25, 0.3) is 0 Å². The first-order valence-corrected chi connectivity index (χ1v) is 7.54. The molecule has 2 heterocycles. The topological polar surface area (TPSA) is 42.1 Å². The van der Waals surface area contributed by atoms with E-state index in [4.69, 9.17) is 5.73 Å². The Morgan fingerprint density at radius 2 is 2.28 bits per heavy atom. The summed E-state index contributed by atoms with van der Waals surface area (Å²) in [7, 11) is 0. The van der Waals surface area contributed by atoms with Crippen molar-refractivity contribution in [2.45, 2.75) is 32.2 Å². The van der Waals surface area contributed by atoms with Gasteiger partial charge in [0.15, 0.2) is 0 Å². The van der Waals surface area contributed by atoms with Crippen LogP contribution in [0.25, 0.3) is 0 Å². The highest BCUT2D eigenvalue weighted by Crippen LogP contribution is 2.26. The van der Waals surface area contributed by atoms with Crippen molar-refractivity contribution in [2.75, 3.05) is 19.6 Å². The van der Waals surface area contributed by atoms with Gasteiger partial charge in [0.05, 0.1) is 0 Å². The summed E-state index contributed by atoms with van der Waals surface area (Å²) in [6.07, 6.45) is 7.65. The zero-order chi connectivity index (χ0) is 13.0. The van der Waals surface area contributed by atoms with Crippen molar-refractivity contribution in [2.24, 2.45) is 11.7 Å². The number of aromatic nitrogens is 1. The molecule has 1 fully saturated rings. The van der Waals surface area contributed by atoms with Crippen LogP contribution in [-0.4, -0.2) is 29.5 Å². The van der Waals surface area contributed by atoms with Crippen LogP contribution in [0.1, 0.15) is 37.8 Å². The lowest BCUT2D eigenvalue weighted by Crippen LogP contribution is -2.34. The predicted octanol–water partition coefficient (Wildman–Crippen LogP) is 2.97. The van der Waals surface area contributed by atoms with E-state index in [9.17, 15) is 0 Å².